The number of carbonyl (C=O) groups excluding carboxylic acids is 1. The average Bonchev–Trinajstić information content (AvgIpc) is 2.41. The summed E-state index contributed by atoms with van der Waals surface area (Å²) in [5.41, 5.74) is 6.59. The first-order valence-corrected chi connectivity index (χ1v) is 6.61. The van der Waals surface area contributed by atoms with E-state index in [1.165, 1.54) is 0 Å². The molecule has 1 aromatic carbocycles. The first kappa shape index (κ1) is 15.8. The Morgan fingerprint density at radius 2 is 2.16 bits per heavy atom. The fraction of sp³-hybridized carbons (Fsp3) is 0.500. The van der Waals surface area contributed by atoms with Crippen LogP contribution >= 0.6 is 11.6 Å². The summed E-state index contributed by atoms with van der Waals surface area (Å²) in [6.45, 7) is 5.96. The van der Waals surface area contributed by atoms with Crippen LogP contribution in [0, 0.1) is 12.3 Å². The molecule has 1 aromatic rings. The number of benzene rings is 1. The molecular formula is C14H21ClN2O2. The van der Waals surface area contributed by atoms with E-state index in [-0.39, 0.29) is 5.91 Å². The van der Waals surface area contributed by atoms with Crippen LogP contribution in [-0.4, -0.2) is 19.6 Å². The average molecular weight is 285 g/mol. The monoisotopic (exact) mass is 284 g/mol. The lowest BCUT2D eigenvalue weighted by Crippen LogP contribution is -2.39. The molecule has 0 heterocycles. The number of amides is 1. The molecule has 0 saturated carbocycles. The number of halogens is 1. The fourth-order valence-electron chi connectivity index (χ4n) is 1.60. The maximum Gasteiger partial charge on any atom is 0.231 e. The summed E-state index contributed by atoms with van der Waals surface area (Å²) in [7, 11) is 1.54. The summed E-state index contributed by atoms with van der Waals surface area (Å²) >= 11 is 6.03. The Balaban J connectivity index is 3.06. The standard InChI is InChI=1S/C14H21ClN2O2/c1-5-14(3,8-16)13(18)17-11-6-9(2)10(15)7-12(11)19-4/h6-7H,5,8,16H2,1-4H3,(H,17,18). The van der Waals surface area contributed by atoms with E-state index in [1.54, 1.807) is 19.2 Å². The molecule has 0 radical (unpaired) electrons. The zero-order chi connectivity index (χ0) is 14.6. The predicted octanol–water partition coefficient (Wildman–Crippen LogP) is 2.97. The summed E-state index contributed by atoms with van der Waals surface area (Å²) in [6.07, 6.45) is 0.671. The molecule has 3 N–H and O–H groups in total. The van der Waals surface area contributed by atoms with Crippen molar-refractivity contribution in [3.8, 4) is 5.75 Å². The lowest BCUT2D eigenvalue weighted by atomic mass is 9.86. The Labute approximate surface area is 119 Å². The topological polar surface area (TPSA) is 64.4 Å². The highest BCUT2D eigenvalue weighted by Crippen LogP contribution is 2.32. The molecule has 1 rings (SSSR count). The Hall–Kier alpha value is -1.26. The van der Waals surface area contributed by atoms with Crippen molar-refractivity contribution in [2.45, 2.75) is 27.2 Å². The van der Waals surface area contributed by atoms with Crippen molar-refractivity contribution >= 4 is 23.2 Å². The van der Waals surface area contributed by atoms with Crippen molar-refractivity contribution in [3.63, 3.8) is 0 Å². The predicted molar refractivity (Wildman–Crippen MR) is 78.8 cm³/mol. The molecule has 0 fully saturated rings. The number of hydrogen-bond donors (Lipinski definition) is 2. The lowest BCUT2D eigenvalue weighted by Gasteiger charge is -2.25. The second-order valence-corrected chi connectivity index (χ2v) is 5.28. The molecule has 0 aromatic heterocycles. The summed E-state index contributed by atoms with van der Waals surface area (Å²) in [6, 6.07) is 3.49. The summed E-state index contributed by atoms with van der Waals surface area (Å²) in [5.74, 6) is 0.428. The number of carbonyl (C=O) groups is 1. The molecular weight excluding hydrogens is 264 g/mol. The van der Waals surface area contributed by atoms with Crippen molar-refractivity contribution in [2.24, 2.45) is 11.1 Å². The zero-order valence-corrected chi connectivity index (χ0v) is 12.6. The summed E-state index contributed by atoms with van der Waals surface area (Å²) in [4.78, 5) is 12.3. The number of rotatable bonds is 5. The highest BCUT2D eigenvalue weighted by Gasteiger charge is 2.30. The summed E-state index contributed by atoms with van der Waals surface area (Å²) in [5, 5.41) is 3.47. The maximum atomic E-state index is 12.3. The molecule has 106 valence electrons. The van der Waals surface area contributed by atoms with Gasteiger partial charge < -0.3 is 15.8 Å². The first-order valence-electron chi connectivity index (χ1n) is 6.23. The van der Waals surface area contributed by atoms with Gasteiger partial charge in [-0.2, -0.15) is 0 Å². The van der Waals surface area contributed by atoms with Gasteiger partial charge >= 0.3 is 0 Å². The zero-order valence-electron chi connectivity index (χ0n) is 11.8. The second kappa shape index (κ2) is 6.26. The molecule has 0 saturated heterocycles. The molecule has 0 aliphatic rings. The molecule has 0 aliphatic carbocycles. The third-order valence-electron chi connectivity index (χ3n) is 3.51. The van der Waals surface area contributed by atoms with E-state index in [4.69, 9.17) is 22.1 Å². The van der Waals surface area contributed by atoms with Crippen LogP contribution < -0.4 is 15.8 Å². The largest absolute Gasteiger partial charge is 0.495 e. The molecule has 1 amide bonds. The SMILES string of the molecule is CCC(C)(CN)C(=O)Nc1cc(C)c(Cl)cc1OC. The van der Waals surface area contributed by atoms with E-state index in [0.29, 0.717) is 29.4 Å². The number of ether oxygens (including phenoxy) is 1. The molecule has 1 unspecified atom stereocenters. The van der Waals surface area contributed by atoms with Gasteiger partial charge in [-0.25, -0.2) is 0 Å². The highest BCUT2D eigenvalue weighted by molar-refractivity contribution is 6.31. The smallest absolute Gasteiger partial charge is 0.231 e. The van der Waals surface area contributed by atoms with Crippen LogP contribution in [-0.2, 0) is 4.79 Å². The van der Waals surface area contributed by atoms with Crippen molar-refractivity contribution < 1.29 is 9.53 Å². The van der Waals surface area contributed by atoms with E-state index >= 15 is 0 Å². The molecule has 0 aliphatic heterocycles. The minimum Gasteiger partial charge on any atom is -0.495 e. The number of methoxy groups -OCH3 is 1. The normalized spacial score (nSPS) is 13.8. The van der Waals surface area contributed by atoms with E-state index < -0.39 is 5.41 Å². The van der Waals surface area contributed by atoms with Gasteiger partial charge in [0, 0.05) is 17.6 Å². The summed E-state index contributed by atoms with van der Waals surface area (Å²) < 4.78 is 5.23. The van der Waals surface area contributed by atoms with Gasteiger partial charge in [0.15, 0.2) is 0 Å². The number of nitrogens with one attached hydrogen (secondary N) is 1. The Kier molecular flexibility index (Phi) is 5.20. The van der Waals surface area contributed by atoms with E-state index in [9.17, 15) is 4.79 Å². The van der Waals surface area contributed by atoms with Crippen LogP contribution in [0.3, 0.4) is 0 Å². The second-order valence-electron chi connectivity index (χ2n) is 4.87. The highest BCUT2D eigenvalue weighted by atomic mass is 35.5. The fourth-order valence-corrected chi connectivity index (χ4v) is 1.75. The Bertz CT molecular complexity index is 471. The molecule has 19 heavy (non-hydrogen) atoms. The Morgan fingerprint density at radius 1 is 1.53 bits per heavy atom. The third-order valence-corrected chi connectivity index (χ3v) is 3.92. The van der Waals surface area contributed by atoms with Crippen molar-refractivity contribution in [3.05, 3.63) is 22.7 Å². The van der Waals surface area contributed by atoms with Gasteiger partial charge in [-0.05, 0) is 31.9 Å². The number of anilines is 1. The molecule has 4 nitrogen and oxygen atoms in total. The van der Waals surface area contributed by atoms with Gasteiger partial charge in [-0.1, -0.05) is 18.5 Å². The van der Waals surface area contributed by atoms with Crippen LogP contribution in [0.1, 0.15) is 25.8 Å². The van der Waals surface area contributed by atoms with Crippen LogP contribution in [0.5, 0.6) is 5.75 Å². The van der Waals surface area contributed by atoms with Crippen molar-refractivity contribution in [2.75, 3.05) is 19.0 Å². The van der Waals surface area contributed by atoms with Gasteiger partial charge in [0.05, 0.1) is 18.2 Å². The molecule has 0 spiro atoms. The van der Waals surface area contributed by atoms with Gasteiger partial charge in [0.2, 0.25) is 5.91 Å². The number of aryl methyl sites for hydroxylation is 1. The van der Waals surface area contributed by atoms with Crippen LogP contribution in [0.15, 0.2) is 12.1 Å². The van der Waals surface area contributed by atoms with Crippen molar-refractivity contribution in [1.82, 2.24) is 0 Å². The van der Waals surface area contributed by atoms with Gasteiger partial charge in [-0.3, -0.25) is 4.79 Å². The van der Waals surface area contributed by atoms with Crippen LogP contribution in [0.25, 0.3) is 0 Å². The van der Waals surface area contributed by atoms with Crippen LogP contribution in [0.2, 0.25) is 5.02 Å². The van der Waals surface area contributed by atoms with E-state index in [1.807, 2.05) is 20.8 Å². The van der Waals surface area contributed by atoms with Gasteiger partial charge in [0.1, 0.15) is 5.75 Å². The van der Waals surface area contributed by atoms with Gasteiger partial charge in [0.25, 0.3) is 0 Å². The van der Waals surface area contributed by atoms with Crippen molar-refractivity contribution in [1.29, 1.82) is 0 Å². The molecule has 5 heteroatoms. The molecule has 1 atom stereocenters. The van der Waals surface area contributed by atoms with E-state index in [2.05, 4.69) is 5.32 Å². The first-order chi connectivity index (χ1) is 8.87. The minimum absolute atomic E-state index is 0.113. The minimum atomic E-state index is -0.585. The third kappa shape index (κ3) is 3.39. The lowest BCUT2D eigenvalue weighted by molar-refractivity contribution is -0.124. The Morgan fingerprint density at radius 3 is 2.63 bits per heavy atom. The number of nitrogens with two attached hydrogens (primary N) is 1. The van der Waals surface area contributed by atoms with E-state index in [0.717, 1.165) is 5.56 Å². The maximum absolute atomic E-state index is 12.3. The quantitative estimate of drug-likeness (QED) is 0.874. The van der Waals surface area contributed by atoms with Gasteiger partial charge in [-0.15, -0.1) is 0 Å². The molecule has 0 bridgehead atoms. The number of hydrogen-bond acceptors (Lipinski definition) is 3. The van der Waals surface area contributed by atoms with Crippen LogP contribution in [0.4, 0.5) is 5.69 Å².